The molecule has 4 nitrogen and oxygen atoms in total. The van der Waals surface area contributed by atoms with Gasteiger partial charge < -0.3 is 15.1 Å². The maximum absolute atomic E-state index is 12.5. The lowest BCUT2D eigenvalue weighted by atomic mass is 9.89. The van der Waals surface area contributed by atoms with Gasteiger partial charge in [-0.1, -0.05) is 50.0 Å². The van der Waals surface area contributed by atoms with Crippen molar-refractivity contribution in [3.05, 3.63) is 23.8 Å². The molecule has 2 aliphatic rings. The molecular formula is C26H45NO3S. The van der Waals surface area contributed by atoms with E-state index in [0.29, 0.717) is 18.3 Å². The van der Waals surface area contributed by atoms with E-state index < -0.39 is 6.10 Å². The van der Waals surface area contributed by atoms with Crippen LogP contribution in [0.15, 0.2) is 23.8 Å². The van der Waals surface area contributed by atoms with Gasteiger partial charge in [-0.25, -0.2) is 0 Å². The quantitative estimate of drug-likeness (QED) is 0.299. The molecule has 0 aliphatic heterocycles. The Morgan fingerprint density at radius 2 is 1.97 bits per heavy atom. The van der Waals surface area contributed by atoms with E-state index in [2.05, 4.69) is 46.8 Å². The van der Waals surface area contributed by atoms with Crippen LogP contribution in [0.4, 0.5) is 0 Å². The number of allylic oxidation sites excluding steroid dienone is 1. The summed E-state index contributed by atoms with van der Waals surface area (Å²) in [5.41, 5.74) is 1.46. The van der Waals surface area contributed by atoms with Gasteiger partial charge in [0.1, 0.15) is 0 Å². The Labute approximate surface area is 194 Å². The fourth-order valence-electron chi connectivity index (χ4n) is 5.33. The van der Waals surface area contributed by atoms with Crippen molar-refractivity contribution in [2.45, 2.75) is 104 Å². The lowest BCUT2D eigenvalue weighted by Crippen LogP contribution is -2.42. The smallest absolute Gasteiger partial charge is 0.223 e. The first-order valence-corrected chi connectivity index (χ1v) is 13.5. The van der Waals surface area contributed by atoms with E-state index in [1.54, 1.807) is 0 Å². The summed E-state index contributed by atoms with van der Waals surface area (Å²) in [6, 6.07) is 0.493. The van der Waals surface area contributed by atoms with Crippen molar-refractivity contribution in [3.8, 4) is 0 Å². The molecule has 178 valence electrons. The summed E-state index contributed by atoms with van der Waals surface area (Å²) in [7, 11) is 0. The summed E-state index contributed by atoms with van der Waals surface area (Å²) in [5, 5.41) is 20.7. The number of amides is 1. The van der Waals surface area contributed by atoms with Crippen LogP contribution in [0, 0.1) is 17.8 Å². The highest BCUT2D eigenvalue weighted by atomic mass is 32.2. The number of fused-ring (bicyclic) bond motifs is 1. The molecule has 0 aromatic carbocycles. The van der Waals surface area contributed by atoms with Crippen molar-refractivity contribution >= 4 is 17.7 Å². The molecule has 5 heteroatoms. The second-order valence-corrected chi connectivity index (χ2v) is 11.1. The predicted octanol–water partition coefficient (Wildman–Crippen LogP) is 5.20. The van der Waals surface area contributed by atoms with Gasteiger partial charge in [0.05, 0.1) is 12.2 Å². The van der Waals surface area contributed by atoms with Crippen LogP contribution in [0.5, 0.6) is 0 Å². The van der Waals surface area contributed by atoms with E-state index in [-0.39, 0.29) is 30.0 Å². The standard InChI is InChI=1S/C26H45NO3S/c1-6-7-8-9-22(28)10-11-23-24-15-20(14-21(24)16-25(23)29)17-31-13-12-26(30)27(18(2)3)19(4)5/h10-11,14,18-19,21-25,28-29H,6-9,12-13,15-17H2,1-5H3/t21-,22-,23+,24-,25+/m0/s1. The third-order valence-corrected chi connectivity index (χ3v) is 7.82. The molecule has 0 bridgehead atoms. The Hall–Kier alpha value is -0.780. The van der Waals surface area contributed by atoms with Crippen molar-refractivity contribution < 1.29 is 15.0 Å². The number of rotatable bonds is 13. The molecule has 2 rings (SSSR count). The highest BCUT2D eigenvalue weighted by Crippen LogP contribution is 2.47. The Bertz CT molecular complexity index is 608. The van der Waals surface area contributed by atoms with Gasteiger partial charge in [0, 0.05) is 35.9 Å². The Morgan fingerprint density at radius 3 is 2.61 bits per heavy atom. The van der Waals surface area contributed by atoms with E-state index in [0.717, 1.165) is 50.0 Å². The molecule has 1 amide bonds. The van der Waals surface area contributed by atoms with Crippen LogP contribution in [0.25, 0.3) is 0 Å². The van der Waals surface area contributed by atoms with Gasteiger partial charge in [-0.15, -0.1) is 0 Å². The highest BCUT2D eigenvalue weighted by Gasteiger charge is 2.43. The average molecular weight is 452 g/mol. The van der Waals surface area contributed by atoms with E-state index in [4.69, 9.17) is 0 Å². The second kappa shape index (κ2) is 13.1. The normalized spacial score (nSPS) is 26.7. The molecule has 2 N–H and O–H groups in total. The van der Waals surface area contributed by atoms with E-state index in [1.165, 1.54) is 5.57 Å². The van der Waals surface area contributed by atoms with Gasteiger partial charge in [0.2, 0.25) is 5.91 Å². The van der Waals surface area contributed by atoms with Crippen molar-refractivity contribution in [1.29, 1.82) is 0 Å². The van der Waals surface area contributed by atoms with Gasteiger partial charge >= 0.3 is 0 Å². The van der Waals surface area contributed by atoms with E-state index in [1.807, 2.05) is 22.7 Å². The maximum atomic E-state index is 12.5. The first-order valence-electron chi connectivity index (χ1n) is 12.4. The molecule has 1 saturated carbocycles. The van der Waals surface area contributed by atoms with Crippen LogP contribution in [0.2, 0.25) is 0 Å². The van der Waals surface area contributed by atoms with Crippen LogP contribution < -0.4 is 0 Å². The molecule has 2 aliphatic carbocycles. The number of carbonyl (C=O) groups excluding carboxylic acids is 1. The molecule has 0 saturated heterocycles. The molecule has 5 atom stereocenters. The number of hydrogen-bond acceptors (Lipinski definition) is 4. The van der Waals surface area contributed by atoms with Gasteiger partial charge in [-0.2, -0.15) is 11.8 Å². The monoisotopic (exact) mass is 451 g/mol. The topological polar surface area (TPSA) is 60.8 Å². The summed E-state index contributed by atoms with van der Waals surface area (Å²) in [4.78, 5) is 14.5. The zero-order valence-electron chi connectivity index (χ0n) is 20.3. The van der Waals surface area contributed by atoms with Gasteiger partial charge in [-0.05, 0) is 58.8 Å². The minimum Gasteiger partial charge on any atom is -0.392 e. The highest BCUT2D eigenvalue weighted by molar-refractivity contribution is 7.99. The third kappa shape index (κ3) is 7.94. The number of nitrogens with zero attached hydrogens (tertiary/aromatic N) is 1. The first-order chi connectivity index (χ1) is 14.7. The molecule has 0 aromatic rings. The van der Waals surface area contributed by atoms with Gasteiger partial charge in [-0.3, -0.25) is 4.79 Å². The number of aliphatic hydroxyl groups excluding tert-OH is 2. The summed E-state index contributed by atoms with van der Waals surface area (Å²) in [6.45, 7) is 10.5. The number of thioether (sulfide) groups is 1. The van der Waals surface area contributed by atoms with Crippen molar-refractivity contribution in [3.63, 3.8) is 0 Å². The maximum Gasteiger partial charge on any atom is 0.223 e. The van der Waals surface area contributed by atoms with Crippen LogP contribution in [-0.4, -0.2) is 56.8 Å². The lowest BCUT2D eigenvalue weighted by Gasteiger charge is -2.30. The average Bonchev–Trinajstić information content (AvgIpc) is 3.19. The second-order valence-electron chi connectivity index (χ2n) is 9.98. The van der Waals surface area contributed by atoms with Crippen molar-refractivity contribution in [1.82, 2.24) is 4.90 Å². The minimum atomic E-state index is -0.393. The zero-order chi connectivity index (χ0) is 23.0. The van der Waals surface area contributed by atoms with E-state index >= 15 is 0 Å². The van der Waals surface area contributed by atoms with Crippen molar-refractivity contribution in [2.75, 3.05) is 11.5 Å². The van der Waals surface area contributed by atoms with Gasteiger partial charge in [0.25, 0.3) is 0 Å². The number of aliphatic hydroxyl groups is 2. The lowest BCUT2D eigenvalue weighted by molar-refractivity contribution is -0.134. The molecule has 0 heterocycles. The van der Waals surface area contributed by atoms with Crippen molar-refractivity contribution in [2.24, 2.45) is 17.8 Å². The summed E-state index contributed by atoms with van der Waals surface area (Å²) in [5.74, 6) is 3.16. The number of carbonyl (C=O) groups is 1. The number of unbranched alkanes of at least 4 members (excludes halogenated alkanes) is 2. The Balaban J connectivity index is 1.76. The fraction of sp³-hybridized carbons (Fsp3) is 0.808. The van der Waals surface area contributed by atoms with Crippen LogP contribution in [0.1, 0.15) is 79.6 Å². The molecule has 0 spiro atoms. The minimum absolute atomic E-state index is 0.150. The summed E-state index contributed by atoms with van der Waals surface area (Å²) >= 11 is 1.85. The Kier molecular flexibility index (Phi) is 11.1. The Morgan fingerprint density at radius 1 is 1.26 bits per heavy atom. The van der Waals surface area contributed by atoms with Crippen LogP contribution in [0.3, 0.4) is 0 Å². The number of hydrogen-bond donors (Lipinski definition) is 2. The predicted molar refractivity (Wildman–Crippen MR) is 132 cm³/mol. The molecule has 0 aromatic heterocycles. The van der Waals surface area contributed by atoms with Crippen LogP contribution >= 0.6 is 11.8 Å². The molecule has 31 heavy (non-hydrogen) atoms. The van der Waals surface area contributed by atoms with Gasteiger partial charge in [0.15, 0.2) is 0 Å². The molecular weight excluding hydrogens is 406 g/mol. The van der Waals surface area contributed by atoms with E-state index in [9.17, 15) is 15.0 Å². The molecule has 0 unspecified atom stereocenters. The largest absolute Gasteiger partial charge is 0.392 e. The summed E-state index contributed by atoms with van der Waals surface area (Å²) < 4.78 is 0. The molecule has 1 fully saturated rings. The summed E-state index contributed by atoms with van der Waals surface area (Å²) in [6.07, 6.45) is 12.3. The third-order valence-electron chi connectivity index (χ3n) is 6.76. The first kappa shape index (κ1) is 26.5. The fourth-order valence-corrected chi connectivity index (χ4v) is 6.27. The SMILES string of the molecule is CCCCC[C@H](O)C=C[C@@H]1[C@H]2CC(CSCCC(=O)N(C(C)C)C(C)C)=C[C@H]2C[C@H]1O. The molecule has 0 radical (unpaired) electrons. The van der Waals surface area contributed by atoms with Crippen LogP contribution in [-0.2, 0) is 4.79 Å². The zero-order valence-corrected chi connectivity index (χ0v) is 21.1.